The molecule has 0 spiro atoms. The van der Waals surface area contributed by atoms with Gasteiger partial charge in [-0.2, -0.15) is 0 Å². The van der Waals surface area contributed by atoms with Gasteiger partial charge in [0.1, 0.15) is 11.9 Å². The maximum absolute atomic E-state index is 6.18. The van der Waals surface area contributed by atoms with Gasteiger partial charge in [-0.3, -0.25) is 4.90 Å². The van der Waals surface area contributed by atoms with Crippen molar-refractivity contribution in [2.75, 3.05) is 20.1 Å². The van der Waals surface area contributed by atoms with Crippen LogP contribution in [-0.2, 0) is 6.42 Å². The molecule has 1 saturated carbocycles. The first-order valence-corrected chi connectivity index (χ1v) is 6.37. The first-order valence-electron chi connectivity index (χ1n) is 6.37. The van der Waals surface area contributed by atoms with Gasteiger partial charge in [0.05, 0.1) is 0 Å². The Morgan fingerprint density at radius 3 is 2.71 bits per heavy atom. The topological polar surface area (TPSA) is 38.5 Å². The molecule has 0 radical (unpaired) electrons. The van der Waals surface area contributed by atoms with Crippen LogP contribution >= 0.6 is 0 Å². The fourth-order valence-corrected chi connectivity index (χ4v) is 2.38. The molecule has 2 N–H and O–H groups in total. The lowest BCUT2D eigenvalue weighted by Crippen LogP contribution is -2.51. The Balaban J connectivity index is 1.69. The molecule has 1 saturated heterocycles. The van der Waals surface area contributed by atoms with Gasteiger partial charge in [-0.15, -0.1) is 0 Å². The Kier molecular flexibility index (Phi) is 2.60. The van der Waals surface area contributed by atoms with Crippen LogP contribution in [0, 0.1) is 0 Å². The van der Waals surface area contributed by atoms with Crippen LogP contribution in [0.15, 0.2) is 24.3 Å². The minimum Gasteiger partial charge on any atom is -0.487 e. The Labute approximate surface area is 103 Å². The number of para-hydroxylation sites is 1. The van der Waals surface area contributed by atoms with Crippen LogP contribution in [0.5, 0.6) is 5.75 Å². The maximum Gasteiger partial charge on any atom is 0.124 e. The van der Waals surface area contributed by atoms with Gasteiger partial charge in [0.2, 0.25) is 0 Å². The van der Waals surface area contributed by atoms with Gasteiger partial charge in [-0.25, -0.2) is 0 Å². The molecule has 0 aromatic heterocycles. The van der Waals surface area contributed by atoms with Crippen LogP contribution in [0.1, 0.15) is 18.4 Å². The normalized spacial score (nSPS) is 23.2. The number of hydrogen-bond donors (Lipinski definition) is 1. The molecule has 2 fully saturated rings. The first kappa shape index (κ1) is 11.1. The molecule has 0 atom stereocenters. The summed E-state index contributed by atoms with van der Waals surface area (Å²) in [7, 11) is 2.12. The summed E-state index contributed by atoms with van der Waals surface area (Å²) < 4.78 is 6.03. The molecular weight excluding hydrogens is 212 g/mol. The van der Waals surface area contributed by atoms with Crippen LogP contribution in [-0.4, -0.2) is 36.7 Å². The molecule has 92 valence electrons. The zero-order valence-electron chi connectivity index (χ0n) is 10.4. The number of likely N-dealkylation sites (tertiary alicyclic amines) is 1. The lowest BCUT2D eigenvalue weighted by atomic mass is 10.0. The standard InChI is InChI=1S/C14H20N2O/c1-16-9-12(10-16)17-13-5-3-2-4-11(13)8-14(15)6-7-14/h2-5,12H,6-10,15H2,1H3. The number of rotatable bonds is 4. The average molecular weight is 232 g/mol. The molecule has 1 aliphatic heterocycles. The third-order valence-corrected chi connectivity index (χ3v) is 3.73. The summed E-state index contributed by atoms with van der Waals surface area (Å²) in [5, 5.41) is 0. The maximum atomic E-state index is 6.18. The minimum atomic E-state index is 0.0515. The summed E-state index contributed by atoms with van der Waals surface area (Å²) in [6.45, 7) is 2.06. The van der Waals surface area contributed by atoms with Crippen molar-refractivity contribution >= 4 is 0 Å². The van der Waals surface area contributed by atoms with Crippen molar-refractivity contribution in [3.8, 4) is 5.75 Å². The fourth-order valence-electron chi connectivity index (χ4n) is 2.38. The number of likely N-dealkylation sites (N-methyl/N-ethyl adjacent to an activating group) is 1. The molecule has 0 amide bonds. The molecule has 0 bridgehead atoms. The van der Waals surface area contributed by atoms with Crippen molar-refractivity contribution in [1.82, 2.24) is 4.90 Å². The average Bonchev–Trinajstić information content (AvgIpc) is 2.97. The predicted molar refractivity (Wildman–Crippen MR) is 68.2 cm³/mol. The van der Waals surface area contributed by atoms with E-state index in [1.807, 2.05) is 6.07 Å². The minimum absolute atomic E-state index is 0.0515. The Morgan fingerprint density at radius 1 is 1.35 bits per heavy atom. The van der Waals surface area contributed by atoms with Crippen LogP contribution in [0.4, 0.5) is 0 Å². The largest absolute Gasteiger partial charge is 0.487 e. The third-order valence-electron chi connectivity index (χ3n) is 3.73. The van der Waals surface area contributed by atoms with Gasteiger partial charge >= 0.3 is 0 Å². The van der Waals surface area contributed by atoms with Crippen molar-refractivity contribution < 1.29 is 4.74 Å². The first-order chi connectivity index (χ1) is 8.15. The molecule has 1 heterocycles. The second-order valence-corrected chi connectivity index (χ2v) is 5.61. The summed E-state index contributed by atoms with van der Waals surface area (Å²) in [6, 6.07) is 8.32. The monoisotopic (exact) mass is 232 g/mol. The third kappa shape index (κ3) is 2.45. The second kappa shape index (κ2) is 4.00. The van der Waals surface area contributed by atoms with E-state index in [4.69, 9.17) is 10.5 Å². The summed E-state index contributed by atoms with van der Waals surface area (Å²) >= 11 is 0. The van der Waals surface area contributed by atoms with Crippen LogP contribution in [0.25, 0.3) is 0 Å². The summed E-state index contributed by atoms with van der Waals surface area (Å²) in [5.41, 5.74) is 7.50. The molecular formula is C14H20N2O. The lowest BCUT2D eigenvalue weighted by Gasteiger charge is -2.36. The molecule has 3 heteroatoms. The number of ether oxygens (including phenoxy) is 1. The Morgan fingerprint density at radius 2 is 2.06 bits per heavy atom. The number of nitrogens with two attached hydrogens (primary N) is 1. The van der Waals surface area contributed by atoms with E-state index >= 15 is 0 Å². The molecule has 0 unspecified atom stereocenters. The Hall–Kier alpha value is -1.06. The quantitative estimate of drug-likeness (QED) is 0.853. The van der Waals surface area contributed by atoms with E-state index in [0.29, 0.717) is 6.10 Å². The van der Waals surface area contributed by atoms with E-state index < -0.39 is 0 Å². The van der Waals surface area contributed by atoms with Gasteiger partial charge in [-0.1, -0.05) is 18.2 Å². The highest BCUT2D eigenvalue weighted by molar-refractivity contribution is 5.36. The predicted octanol–water partition coefficient (Wildman–Crippen LogP) is 1.41. The van der Waals surface area contributed by atoms with Crippen LogP contribution in [0.3, 0.4) is 0 Å². The fraction of sp³-hybridized carbons (Fsp3) is 0.571. The van der Waals surface area contributed by atoms with E-state index in [1.165, 1.54) is 5.56 Å². The summed E-state index contributed by atoms with van der Waals surface area (Å²) in [5.74, 6) is 1.03. The van der Waals surface area contributed by atoms with E-state index in [1.54, 1.807) is 0 Å². The van der Waals surface area contributed by atoms with E-state index in [9.17, 15) is 0 Å². The van der Waals surface area contributed by atoms with Gasteiger partial charge in [0, 0.05) is 18.6 Å². The van der Waals surface area contributed by atoms with E-state index in [-0.39, 0.29) is 5.54 Å². The van der Waals surface area contributed by atoms with Crippen LogP contribution in [0.2, 0.25) is 0 Å². The zero-order valence-corrected chi connectivity index (χ0v) is 10.4. The number of benzene rings is 1. The van der Waals surface area contributed by atoms with Crippen molar-refractivity contribution in [3.63, 3.8) is 0 Å². The highest BCUT2D eigenvalue weighted by Gasteiger charge is 2.38. The molecule has 1 aromatic carbocycles. The zero-order chi connectivity index (χ0) is 11.9. The smallest absolute Gasteiger partial charge is 0.124 e. The van der Waals surface area contributed by atoms with Crippen molar-refractivity contribution in [2.24, 2.45) is 5.73 Å². The van der Waals surface area contributed by atoms with Crippen molar-refractivity contribution in [3.05, 3.63) is 29.8 Å². The highest BCUT2D eigenvalue weighted by atomic mass is 16.5. The highest BCUT2D eigenvalue weighted by Crippen LogP contribution is 2.38. The van der Waals surface area contributed by atoms with Crippen molar-refractivity contribution in [1.29, 1.82) is 0 Å². The number of hydrogen-bond acceptors (Lipinski definition) is 3. The molecule has 3 nitrogen and oxygen atoms in total. The molecule has 17 heavy (non-hydrogen) atoms. The molecule has 3 rings (SSSR count). The van der Waals surface area contributed by atoms with Gasteiger partial charge in [-0.05, 0) is 37.9 Å². The van der Waals surface area contributed by atoms with Gasteiger partial charge < -0.3 is 10.5 Å². The molecule has 1 aromatic rings. The summed E-state index contributed by atoms with van der Waals surface area (Å²) in [6.07, 6.45) is 3.60. The Bertz CT molecular complexity index is 408. The van der Waals surface area contributed by atoms with Crippen molar-refractivity contribution in [2.45, 2.75) is 30.9 Å². The van der Waals surface area contributed by atoms with Gasteiger partial charge in [0.25, 0.3) is 0 Å². The van der Waals surface area contributed by atoms with E-state index in [2.05, 4.69) is 30.1 Å². The lowest BCUT2D eigenvalue weighted by molar-refractivity contribution is 0.0381. The van der Waals surface area contributed by atoms with Gasteiger partial charge in [0.15, 0.2) is 0 Å². The number of nitrogens with zero attached hydrogens (tertiary/aromatic N) is 1. The van der Waals surface area contributed by atoms with E-state index in [0.717, 1.165) is 38.1 Å². The molecule has 1 aliphatic carbocycles. The molecule has 2 aliphatic rings. The second-order valence-electron chi connectivity index (χ2n) is 5.61. The summed E-state index contributed by atoms with van der Waals surface area (Å²) in [4.78, 5) is 2.26. The van der Waals surface area contributed by atoms with Crippen LogP contribution < -0.4 is 10.5 Å². The SMILES string of the molecule is CN1CC(Oc2ccccc2CC2(N)CC2)C1.